The predicted molar refractivity (Wildman–Crippen MR) is 159 cm³/mol. The molecule has 206 valence electrons. The molecule has 0 aliphatic carbocycles. The average Bonchev–Trinajstić information content (AvgIpc) is 3.64. The monoisotopic (exact) mass is 554 g/mol. The molecule has 2 fully saturated rings. The van der Waals surface area contributed by atoms with Crippen LogP contribution in [0.5, 0.6) is 0 Å². The number of carboxylic acid groups (broad SMARTS) is 1. The molecule has 2 N–H and O–H groups in total. The lowest BCUT2D eigenvalue weighted by molar-refractivity contribution is -0.142. The summed E-state index contributed by atoms with van der Waals surface area (Å²) < 4.78 is 0.946. The summed E-state index contributed by atoms with van der Waals surface area (Å²) in [4.78, 5) is 34.4. The average molecular weight is 555 g/mol. The summed E-state index contributed by atoms with van der Waals surface area (Å²) >= 11 is 1.57. The van der Waals surface area contributed by atoms with Gasteiger partial charge in [0.1, 0.15) is 6.04 Å². The van der Waals surface area contributed by atoms with Crippen molar-refractivity contribution in [2.45, 2.75) is 50.7 Å². The van der Waals surface area contributed by atoms with Gasteiger partial charge >= 0.3 is 5.97 Å². The van der Waals surface area contributed by atoms with E-state index in [2.05, 4.69) is 47.1 Å². The number of pyridine rings is 1. The Labute approximate surface area is 238 Å². The number of anilines is 1. The number of hydrogen-bond acceptors (Lipinski definition) is 6. The molecule has 8 heteroatoms. The standard InChI is InChI=1S/C32H34N4O3S/c37-31(35-16-13-24(14-17-35)23-10-5-2-6-11-23)26-19-34-28-25(20-36-15-7-12-27(36)32(38)39)21-40-30(28)29(26)33-18-22-8-3-1-4-9-22/h1-6,8-11,19,21,24,27H,7,12-18,20H2,(H,33,34)(H,38,39)/t27-/m0/s1. The molecule has 1 atom stereocenters. The summed E-state index contributed by atoms with van der Waals surface area (Å²) in [6, 6.07) is 20.3. The number of aromatic nitrogens is 1. The third-order valence-corrected chi connectivity index (χ3v) is 9.31. The number of likely N-dealkylation sites (tertiary alicyclic amines) is 2. The van der Waals surface area contributed by atoms with Gasteiger partial charge in [0, 0.05) is 37.9 Å². The molecular formula is C32H34N4O3S. The van der Waals surface area contributed by atoms with Gasteiger partial charge in [0.15, 0.2) is 0 Å². The molecule has 2 aliphatic heterocycles. The van der Waals surface area contributed by atoms with Crippen molar-refractivity contribution in [3.05, 3.63) is 94.5 Å². The highest BCUT2D eigenvalue weighted by Gasteiger charge is 2.32. The number of piperidine rings is 1. The first-order valence-corrected chi connectivity index (χ1v) is 14.9. The Bertz CT molecular complexity index is 1480. The highest BCUT2D eigenvalue weighted by molar-refractivity contribution is 7.18. The van der Waals surface area contributed by atoms with Crippen LogP contribution in [0.1, 0.15) is 58.6 Å². The largest absolute Gasteiger partial charge is 0.480 e. The summed E-state index contributed by atoms with van der Waals surface area (Å²) in [5.41, 5.74) is 5.75. The van der Waals surface area contributed by atoms with E-state index in [0.29, 0.717) is 31.0 Å². The number of aliphatic carboxylic acids is 1. The maximum Gasteiger partial charge on any atom is 0.320 e. The number of rotatable bonds is 8. The summed E-state index contributed by atoms with van der Waals surface area (Å²) in [6.07, 6.45) is 5.17. The second-order valence-electron chi connectivity index (χ2n) is 10.8. The van der Waals surface area contributed by atoms with E-state index in [0.717, 1.165) is 65.9 Å². The quantitative estimate of drug-likeness (QED) is 0.279. The number of fused-ring (bicyclic) bond motifs is 1. The number of carboxylic acids is 1. The second-order valence-corrected chi connectivity index (χ2v) is 11.6. The van der Waals surface area contributed by atoms with Crippen molar-refractivity contribution in [3.8, 4) is 0 Å². The molecular weight excluding hydrogens is 520 g/mol. The van der Waals surface area contributed by atoms with E-state index in [1.807, 2.05) is 34.1 Å². The van der Waals surface area contributed by atoms with Gasteiger partial charge in [-0.15, -0.1) is 11.3 Å². The maximum atomic E-state index is 13.9. The van der Waals surface area contributed by atoms with E-state index in [-0.39, 0.29) is 5.91 Å². The van der Waals surface area contributed by atoms with Crippen molar-refractivity contribution in [2.75, 3.05) is 25.0 Å². The van der Waals surface area contributed by atoms with Crippen LogP contribution in [0.3, 0.4) is 0 Å². The van der Waals surface area contributed by atoms with Crippen LogP contribution in [0.4, 0.5) is 5.69 Å². The minimum atomic E-state index is -0.765. The lowest BCUT2D eigenvalue weighted by atomic mass is 9.89. The zero-order chi connectivity index (χ0) is 27.5. The molecule has 2 aromatic heterocycles. The van der Waals surface area contributed by atoms with Crippen molar-refractivity contribution >= 4 is 39.1 Å². The van der Waals surface area contributed by atoms with Crippen LogP contribution in [-0.4, -0.2) is 57.4 Å². The van der Waals surface area contributed by atoms with E-state index in [9.17, 15) is 14.7 Å². The highest BCUT2D eigenvalue weighted by atomic mass is 32.1. The molecule has 0 saturated carbocycles. The number of nitrogens with zero attached hydrogens (tertiary/aromatic N) is 3. The van der Waals surface area contributed by atoms with Gasteiger partial charge in [-0.1, -0.05) is 60.7 Å². The summed E-state index contributed by atoms with van der Waals surface area (Å²) in [5.74, 6) is -0.280. The normalized spacial score (nSPS) is 18.3. The molecule has 4 heterocycles. The molecule has 2 aliphatic rings. The molecule has 0 radical (unpaired) electrons. The van der Waals surface area contributed by atoms with Crippen LogP contribution < -0.4 is 5.32 Å². The van der Waals surface area contributed by atoms with Crippen LogP contribution in [0.2, 0.25) is 0 Å². The molecule has 0 bridgehead atoms. The van der Waals surface area contributed by atoms with E-state index in [4.69, 9.17) is 4.98 Å². The Hall–Kier alpha value is -3.75. The lowest BCUT2D eigenvalue weighted by Gasteiger charge is -2.32. The number of carbonyl (C=O) groups excluding carboxylic acids is 1. The topological polar surface area (TPSA) is 85.8 Å². The van der Waals surface area contributed by atoms with Gasteiger partial charge in [-0.05, 0) is 54.7 Å². The van der Waals surface area contributed by atoms with Crippen LogP contribution in [0, 0.1) is 0 Å². The first kappa shape index (κ1) is 26.5. The predicted octanol–water partition coefficient (Wildman–Crippen LogP) is 5.98. The Kier molecular flexibility index (Phi) is 7.80. The fourth-order valence-corrected chi connectivity index (χ4v) is 7.13. The highest BCUT2D eigenvalue weighted by Crippen LogP contribution is 2.37. The first-order chi connectivity index (χ1) is 19.6. The van der Waals surface area contributed by atoms with Gasteiger partial charge in [0.2, 0.25) is 0 Å². The lowest BCUT2D eigenvalue weighted by Crippen LogP contribution is -2.38. The second kappa shape index (κ2) is 11.8. The number of carbonyl (C=O) groups is 2. The molecule has 6 rings (SSSR count). The van der Waals surface area contributed by atoms with E-state index < -0.39 is 12.0 Å². The van der Waals surface area contributed by atoms with Gasteiger partial charge in [0.05, 0.1) is 21.5 Å². The first-order valence-electron chi connectivity index (χ1n) is 14.1. The van der Waals surface area contributed by atoms with Crippen molar-refractivity contribution in [1.29, 1.82) is 0 Å². The molecule has 1 amide bonds. The minimum Gasteiger partial charge on any atom is -0.480 e. The molecule has 0 spiro atoms. The minimum absolute atomic E-state index is 0.0110. The summed E-state index contributed by atoms with van der Waals surface area (Å²) in [6.45, 7) is 3.34. The maximum absolute atomic E-state index is 13.9. The zero-order valence-electron chi connectivity index (χ0n) is 22.5. The Morgan fingerprint density at radius 3 is 2.42 bits per heavy atom. The summed E-state index contributed by atoms with van der Waals surface area (Å²) in [7, 11) is 0. The number of hydrogen-bond donors (Lipinski definition) is 2. The van der Waals surface area contributed by atoms with Crippen molar-refractivity contribution in [1.82, 2.24) is 14.8 Å². The third-order valence-electron chi connectivity index (χ3n) is 8.28. The van der Waals surface area contributed by atoms with Gasteiger partial charge < -0.3 is 15.3 Å². The molecule has 40 heavy (non-hydrogen) atoms. The molecule has 4 aromatic rings. The number of thiophene rings is 1. The molecule has 0 unspecified atom stereocenters. The molecule has 2 aromatic carbocycles. The smallest absolute Gasteiger partial charge is 0.320 e. The third kappa shape index (κ3) is 5.46. The number of nitrogens with one attached hydrogen (secondary N) is 1. The fraction of sp³-hybridized carbons (Fsp3) is 0.344. The molecule has 2 saturated heterocycles. The Balaban J connectivity index is 1.27. The van der Waals surface area contributed by atoms with E-state index in [1.54, 1.807) is 17.5 Å². The Morgan fingerprint density at radius 1 is 0.975 bits per heavy atom. The van der Waals surface area contributed by atoms with Crippen LogP contribution >= 0.6 is 11.3 Å². The van der Waals surface area contributed by atoms with E-state index in [1.165, 1.54) is 5.56 Å². The number of amides is 1. The van der Waals surface area contributed by atoms with E-state index >= 15 is 0 Å². The zero-order valence-corrected chi connectivity index (χ0v) is 23.3. The van der Waals surface area contributed by atoms with Crippen LogP contribution in [0.25, 0.3) is 10.2 Å². The number of benzene rings is 2. The van der Waals surface area contributed by atoms with Gasteiger partial charge in [-0.3, -0.25) is 19.5 Å². The van der Waals surface area contributed by atoms with Crippen molar-refractivity contribution < 1.29 is 14.7 Å². The van der Waals surface area contributed by atoms with Gasteiger partial charge in [0.25, 0.3) is 5.91 Å². The Morgan fingerprint density at radius 2 is 1.70 bits per heavy atom. The molecule has 7 nitrogen and oxygen atoms in total. The summed E-state index contributed by atoms with van der Waals surface area (Å²) in [5, 5.41) is 15.3. The van der Waals surface area contributed by atoms with Gasteiger partial charge in [-0.25, -0.2) is 0 Å². The van der Waals surface area contributed by atoms with Gasteiger partial charge in [-0.2, -0.15) is 0 Å². The van der Waals surface area contributed by atoms with Crippen molar-refractivity contribution in [2.24, 2.45) is 0 Å². The van der Waals surface area contributed by atoms with Crippen molar-refractivity contribution in [3.63, 3.8) is 0 Å². The fourth-order valence-electron chi connectivity index (χ4n) is 6.08. The SMILES string of the molecule is O=C(O)[C@@H]1CCCN1Cc1csc2c(NCc3ccccc3)c(C(=O)N3CCC(c4ccccc4)CC3)cnc12. The van der Waals surface area contributed by atoms with Crippen LogP contribution in [-0.2, 0) is 17.9 Å². The van der Waals surface area contributed by atoms with Crippen LogP contribution in [0.15, 0.2) is 72.2 Å².